The van der Waals surface area contributed by atoms with Gasteiger partial charge in [-0.25, -0.2) is 0 Å². The molecule has 1 aliphatic heterocycles. The van der Waals surface area contributed by atoms with Crippen LogP contribution in [0.1, 0.15) is 44.1 Å². The first-order valence-electron chi connectivity index (χ1n) is 9.56. The molecule has 1 atom stereocenters. The Bertz CT molecular complexity index is 728. The molecule has 1 aromatic carbocycles. The molecule has 2 aromatic rings. The molecule has 26 heavy (non-hydrogen) atoms. The van der Waals surface area contributed by atoms with Crippen molar-refractivity contribution in [2.45, 2.75) is 46.1 Å². The van der Waals surface area contributed by atoms with Crippen molar-refractivity contribution in [3.63, 3.8) is 0 Å². The second-order valence-corrected chi connectivity index (χ2v) is 7.05. The van der Waals surface area contributed by atoms with Crippen molar-refractivity contribution in [2.75, 3.05) is 19.6 Å². The minimum absolute atomic E-state index is 0.0550. The van der Waals surface area contributed by atoms with Crippen LogP contribution in [0.2, 0.25) is 0 Å². The normalized spacial score (nSPS) is 18.0. The van der Waals surface area contributed by atoms with Crippen LogP contribution in [0, 0.1) is 12.8 Å². The van der Waals surface area contributed by atoms with Gasteiger partial charge in [0.15, 0.2) is 0 Å². The Kier molecular flexibility index (Phi) is 6.39. The predicted molar refractivity (Wildman–Crippen MR) is 100 cm³/mol. The van der Waals surface area contributed by atoms with Crippen LogP contribution in [0.5, 0.6) is 0 Å². The molecule has 0 saturated carbocycles. The van der Waals surface area contributed by atoms with E-state index in [0.29, 0.717) is 18.3 Å². The molecule has 0 aliphatic carbocycles. The Hall–Kier alpha value is -2.21. The van der Waals surface area contributed by atoms with E-state index in [4.69, 9.17) is 4.52 Å². The number of aromatic nitrogens is 2. The molecule has 1 unspecified atom stereocenters. The van der Waals surface area contributed by atoms with E-state index in [0.717, 1.165) is 56.4 Å². The average Bonchev–Trinajstić information content (AvgIpc) is 3.10. The number of aryl methyl sites for hydroxylation is 1. The summed E-state index contributed by atoms with van der Waals surface area (Å²) in [6, 6.07) is 8.02. The molecule has 6 nitrogen and oxygen atoms in total. The summed E-state index contributed by atoms with van der Waals surface area (Å²) in [5, 5.41) is 7.18. The van der Waals surface area contributed by atoms with Gasteiger partial charge < -0.3 is 9.84 Å². The number of carbonyl (C=O) groups excluding carboxylic acids is 1. The highest BCUT2D eigenvalue weighted by Gasteiger charge is 2.26. The van der Waals surface area contributed by atoms with Crippen molar-refractivity contribution >= 4 is 5.91 Å². The molecule has 1 N–H and O–H groups in total. The fraction of sp³-hybridized carbons (Fsp3) is 0.550. The fourth-order valence-electron chi connectivity index (χ4n) is 3.39. The molecule has 2 heterocycles. The molecule has 0 spiro atoms. The van der Waals surface area contributed by atoms with Crippen molar-refractivity contribution in [3.05, 3.63) is 35.7 Å². The maximum Gasteiger partial charge on any atom is 0.241 e. The molecule has 0 bridgehead atoms. The van der Waals surface area contributed by atoms with Gasteiger partial charge in [-0.3, -0.25) is 9.69 Å². The van der Waals surface area contributed by atoms with Crippen LogP contribution in [-0.4, -0.2) is 40.6 Å². The first kappa shape index (κ1) is 18.6. The number of unbranched alkanes of at least 4 members (excludes halogenated alkanes) is 1. The van der Waals surface area contributed by atoms with Crippen molar-refractivity contribution < 1.29 is 9.32 Å². The van der Waals surface area contributed by atoms with Gasteiger partial charge in [0, 0.05) is 18.7 Å². The fourth-order valence-corrected chi connectivity index (χ4v) is 3.39. The number of likely N-dealkylation sites (tertiary alicyclic amines) is 1. The van der Waals surface area contributed by atoms with Gasteiger partial charge in [-0.15, -0.1) is 0 Å². The third-order valence-electron chi connectivity index (χ3n) is 4.92. The Balaban J connectivity index is 1.57. The lowest BCUT2D eigenvalue weighted by Crippen LogP contribution is -2.42. The van der Waals surface area contributed by atoms with Crippen molar-refractivity contribution in [2.24, 2.45) is 5.92 Å². The number of carbonyl (C=O) groups is 1. The number of nitrogens with zero attached hydrogens (tertiary/aromatic N) is 3. The summed E-state index contributed by atoms with van der Waals surface area (Å²) < 4.78 is 5.45. The summed E-state index contributed by atoms with van der Waals surface area (Å²) in [5.41, 5.74) is 2.12. The number of rotatable bonds is 7. The summed E-state index contributed by atoms with van der Waals surface area (Å²) in [6.45, 7) is 7.25. The van der Waals surface area contributed by atoms with Crippen LogP contribution in [0.15, 0.2) is 28.8 Å². The van der Waals surface area contributed by atoms with Gasteiger partial charge in [-0.1, -0.05) is 42.8 Å². The predicted octanol–water partition coefficient (Wildman–Crippen LogP) is 3.17. The molecule has 1 aliphatic rings. The lowest BCUT2D eigenvalue weighted by Gasteiger charge is -2.30. The largest absolute Gasteiger partial charge is 0.356 e. The van der Waals surface area contributed by atoms with E-state index in [9.17, 15) is 4.79 Å². The number of piperidine rings is 1. The van der Waals surface area contributed by atoms with Gasteiger partial charge in [0.25, 0.3) is 0 Å². The highest BCUT2D eigenvalue weighted by Crippen LogP contribution is 2.22. The SMILES string of the molecule is CCCCNC(=O)C1CCCN(Cc2nc(-c3ccccc3C)no2)C1. The van der Waals surface area contributed by atoms with E-state index in [2.05, 4.69) is 27.3 Å². The summed E-state index contributed by atoms with van der Waals surface area (Å²) in [4.78, 5) is 19.1. The van der Waals surface area contributed by atoms with E-state index < -0.39 is 0 Å². The van der Waals surface area contributed by atoms with Gasteiger partial charge in [0.2, 0.25) is 17.6 Å². The lowest BCUT2D eigenvalue weighted by atomic mass is 9.97. The average molecular weight is 356 g/mol. The topological polar surface area (TPSA) is 71.3 Å². The second-order valence-electron chi connectivity index (χ2n) is 7.05. The molecule has 1 amide bonds. The number of amides is 1. The molecule has 0 radical (unpaired) electrons. The molecule has 1 saturated heterocycles. The summed E-state index contributed by atoms with van der Waals surface area (Å²) in [6.07, 6.45) is 4.10. The van der Waals surface area contributed by atoms with Crippen LogP contribution < -0.4 is 5.32 Å². The minimum atomic E-state index is 0.0550. The van der Waals surface area contributed by atoms with E-state index in [-0.39, 0.29) is 11.8 Å². The zero-order valence-corrected chi connectivity index (χ0v) is 15.7. The number of hydrogen-bond donors (Lipinski definition) is 1. The number of nitrogens with one attached hydrogen (secondary N) is 1. The molecular weight excluding hydrogens is 328 g/mol. The Labute approximate surface area is 155 Å². The Morgan fingerprint density at radius 2 is 2.23 bits per heavy atom. The lowest BCUT2D eigenvalue weighted by molar-refractivity contribution is -0.126. The zero-order valence-electron chi connectivity index (χ0n) is 15.7. The summed E-state index contributed by atoms with van der Waals surface area (Å²) in [7, 11) is 0. The Morgan fingerprint density at radius 1 is 1.38 bits per heavy atom. The van der Waals surface area contributed by atoms with Gasteiger partial charge in [0.05, 0.1) is 12.5 Å². The number of hydrogen-bond acceptors (Lipinski definition) is 5. The van der Waals surface area contributed by atoms with Crippen molar-refractivity contribution in [1.82, 2.24) is 20.4 Å². The van der Waals surface area contributed by atoms with E-state index in [1.165, 1.54) is 0 Å². The standard InChI is InChI=1S/C20H28N4O2/c1-3-4-11-21-20(25)16-9-7-12-24(13-16)14-18-22-19(23-26-18)17-10-6-5-8-15(17)2/h5-6,8,10,16H,3-4,7,9,11-14H2,1-2H3,(H,21,25). The van der Waals surface area contributed by atoms with Crippen LogP contribution in [0.25, 0.3) is 11.4 Å². The minimum Gasteiger partial charge on any atom is -0.356 e. The molecule has 1 aromatic heterocycles. The first-order chi connectivity index (χ1) is 12.7. The van der Waals surface area contributed by atoms with E-state index in [1.807, 2.05) is 31.2 Å². The van der Waals surface area contributed by atoms with Crippen molar-refractivity contribution in [3.8, 4) is 11.4 Å². The summed E-state index contributed by atoms with van der Waals surface area (Å²) >= 11 is 0. The smallest absolute Gasteiger partial charge is 0.241 e. The maximum atomic E-state index is 12.3. The maximum absolute atomic E-state index is 12.3. The Morgan fingerprint density at radius 3 is 3.04 bits per heavy atom. The summed E-state index contributed by atoms with van der Waals surface area (Å²) in [5.74, 6) is 1.47. The molecule has 6 heteroatoms. The van der Waals surface area contributed by atoms with Crippen LogP contribution in [0.4, 0.5) is 0 Å². The van der Waals surface area contributed by atoms with Gasteiger partial charge in [-0.2, -0.15) is 4.98 Å². The van der Waals surface area contributed by atoms with Crippen LogP contribution in [0.3, 0.4) is 0 Å². The molecule has 1 fully saturated rings. The van der Waals surface area contributed by atoms with E-state index >= 15 is 0 Å². The molecule has 3 rings (SSSR count). The second kappa shape index (κ2) is 8.94. The highest BCUT2D eigenvalue weighted by atomic mass is 16.5. The van der Waals surface area contributed by atoms with Crippen LogP contribution in [-0.2, 0) is 11.3 Å². The number of benzene rings is 1. The quantitative estimate of drug-likeness (QED) is 0.772. The third-order valence-corrected chi connectivity index (χ3v) is 4.92. The molecular formula is C20H28N4O2. The van der Waals surface area contributed by atoms with Gasteiger partial charge >= 0.3 is 0 Å². The van der Waals surface area contributed by atoms with E-state index in [1.54, 1.807) is 0 Å². The monoisotopic (exact) mass is 356 g/mol. The highest BCUT2D eigenvalue weighted by molar-refractivity contribution is 5.78. The zero-order chi connectivity index (χ0) is 18.4. The van der Waals surface area contributed by atoms with Gasteiger partial charge in [-0.05, 0) is 38.3 Å². The van der Waals surface area contributed by atoms with Crippen LogP contribution >= 0.6 is 0 Å². The van der Waals surface area contributed by atoms with Gasteiger partial charge in [0.1, 0.15) is 0 Å². The molecule has 140 valence electrons. The first-order valence-corrected chi connectivity index (χ1v) is 9.56. The van der Waals surface area contributed by atoms with Crippen molar-refractivity contribution in [1.29, 1.82) is 0 Å². The third kappa shape index (κ3) is 4.69.